The summed E-state index contributed by atoms with van der Waals surface area (Å²) in [6.07, 6.45) is 3.77. The average Bonchev–Trinajstić information content (AvgIpc) is 2.47. The van der Waals surface area contributed by atoms with E-state index >= 15 is 0 Å². The van der Waals surface area contributed by atoms with Gasteiger partial charge in [0.1, 0.15) is 5.60 Å². The van der Waals surface area contributed by atoms with E-state index in [0.29, 0.717) is 13.0 Å². The summed E-state index contributed by atoms with van der Waals surface area (Å²) in [5.41, 5.74) is 0.328. The molecule has 1 aromatic rings. The summed E-state index contributed by atoms with van der Waals surface area (Å²) in [5, 5.41) is 5.62. The van der Waals surface area contributed by atoms with Gasteiger partial charge in [-0.15, -0.1) is 0 Å². The first kappa shape index (κ1) is 20.5. The molecule has 2 N–H and O–H groups in total. The van der Waals surface area contributed by atoms with Crippen LogP contribution < -0.4 is 10.6 Å². The molecular weight excluding hydrogens is 372 g/mol. The molecule has 0 fully saturated rings. The van der Waals surface area contributed by atoms with E-state index in [1.807, 2.05) is 45.0 Å². The van der Waals surface area contributed by atoms with E-state index in [0.717, 1.165) is 35.8 Å². The molecule has 0 aliphatic carbocycles. The maximum absolute atomic E-state index is 11.9. The lowest BCUT2D eigenvalue weighted by Gasteiger charge is -2.19. The average molecular weight is 399 g/mol. The van der Waals surface area contributed by atoms with Crippen LogP contribution in [-0.2, 0) is 9.53 Å². The number of ether oxygens (including phenoxy) is 1. The largest absolute Gasteiger partial charge is 0.444 e. The molecular formula is C18H27BrN2O3. The van der Waals surface area contributed by atoms with Crippen LogP contribution in [0.25, 0.3) is 0 Å². The number of unbranched alkanes of at least 4 members (excludes halogenated alkanes) is 3. The van der Waals surface area contributed by atoms with E-state index in [2.05, 4.69) is 26.6 Å². The number of carbonyl (C=O) groups excluding carboxylic acids is 2. The SMILES string of the molecule is CC(C)(C)OC(=O)NCCCCCCC(=O)Nc1ccccc1Br. The van der Waals surface area contributed by atoms with Crippen molar-refractivity contribution >= 4 is 33.6 Å². The number of amides is 2. The standard InChI is InChI=1S/C18H27BrN2O3/c1-18(2,3)24-17(23)20-13-9-5-4-6-12-16(22)21-15-11-8-7-10-14(15)19/h7-8,10-11H,4-6,9,12-13H2,1-3H3,(H,20,23)(H,21,22). The molecule has 0 unspecified atom stereocenters. The predicted molar refractivity (Wildman–Crippen MR) is 100 cm³/mol. The summed E-state index contributed by atoms with van der Waals surface area (Å²) in [5.74, 6) is 0.0220. The third-order valence-corrected chi connectivity index (χ3v) is 3.84. The quantitative estimate of drug-likeness (QED) is 0.614. The molecule has 0 bridgehead atoms. The van der Waals surface area contributed by atoms with Gasteiger partial charge in [-0.1, -0.05) is 25.0 Å². The first-order valence-electron chi connectivity index (χ1n) is 8.29. The molecule has 0 heterocycles. The lowest BCUT2D eigenvalue weighted by atomic mass is 10.1. The maximum Gasteiger partial charge on any atom is 0.407 e. The summed E-state index contributed by atoms with van der Waals surface area (Å²) in [7, 11) is 0. The number of hydrogen-bond donors (Lipinski definition) is 2. The molecule has 1 aromatic carbocycles. The van der Waals surface area contributed by atoms with Crippen LogP contribution in [0.3, 0.4) is 0 Å². The number of halogens is 1. The van der Waals surface area contributed by atoms with E-state index in [1.165, 1.54) is 0 Å². The van der Waals surface area contributed by atoms with Crippen LogP contribution in [0.4, 0.5) is 10.5 Å². The van der Waals surface area contributed by atoms with Crippen molar-refractivity contribution in [2.24, 2.45) is 0 Å². The zero-order valence-electron chi connectivity index (χ0n) is 14.7. The van der Waals surface area contributed by atoms with E-state index in [4.69, 9.17) is 4.74 Å². The lowest BCUT2D eigenvalue weighted by molar-refractivity contribution is -0.116. The van der Waals surface area contributed by atoms with E-state index < -0.39 is 5.60 Å². The molecule has 134 valence electrons. The molecule has 0 aromatic heterocycles. The zero-order chi connectivity index (χ0) is 18.0. The fourth-order valence-electron chi connectivity index (χ4n) is 2.04. The minimum Gasteiger partial charge on any atom is -0.444 e. The number of alkyl carbamates (subject to hydrolysis) is 1. The van der Waals surface area contributed by atoms with Gasteiger partial charge in [-0.25, -0.2) is 4.79 Å². The first-order valence-corrected chi connectivity index (χ1v) is 9.08. The van der Waals surface area contributed by atoms with Crippen molar-refractivity contribution in [1.82, 2.24) is 5.32 Å². The Morgan fingerprint density at radius 3 is 2.42 bits per heavy atom. The highest BCUT2D eigenvalue weighted by Crippen LogP contribution is 2.21. The maximum atomic E-state index is 11.9. The summed E-state index contributed by atoms with van der Waals surface area (Å²) in [4.78, 5) is 23.3. The third-order valence-electron chi connectivity index (χ3n) is 3.15. The molecule has 0 saturated carbocycles. The third kappa shape index (κ3) is 9.55. The second kappa shape index (κ2) is 10.3. The van der Waals surface area contributed by atoms with Gasteiger partial charge in [0.25, 0.3) is 0 Å². The number of para-hydroxylation sites is 1. The molecule has 0 atom stereocenters. The van der Waals surface area contributed by atoms with Crippen molar-refractivity contribution in [3.8, 4) is 0 Å². The second-order valence-electron chi connectivity index (χ2n) is 6.62. The Bertz CT molecular complexity index is 541. The number of rotatable bonds is 8. The smallest absolute Gasteiger partial charge is 0.407 e. The Morgan fingerprint density at radius 1 is 1.08 bits per heavy atom. The highest BCUT2D eigenvalue weighted by Gasteiger charge is 2.15. The van der Waals surface area contributed by atoms with Crippen LogP contribution in [0.5, 0.6) is 0 Å². The van der Waals surface area contributed by atoms with E-state index in [9.17, 15) is 9.59 Å². The number of carbonyl (C=O) groups is 2. The van der Waals surface area contributed by atoms with Crippen molar-refractivity contribution in [2.75, 3.05) is 11.9 Å². The van der Waals surface area contributed by atoms with Crippen LogP contribution in [0, 0.1) is 0 Å². The Hall–Kier alpha value is -1.56. The van der Waals surface area contributed by atoms with Crippen LogP contribution in [0.15, 0.2) is 28.7 Å². The minimum atomic E-state index is -0.467. The molecule has 1 rings (SSSR count). The van der Waals surface area contributed by atoms with Crippen molar-refractivity contribution in [2.45, 2.75) is 58.5 Å². The monoisotopic (exact) mass is 398 g/mol. The van der Waals surface area contributed by atoms with Gasteiger partial charge in [0, 0.05) is 17.4 Å². The highest BCUT2D eigenvalue weighted by molar-refractivity contribution is 9.10. The van der Waals surface area contributed by atoms with Gasteiger partial charge in [0.2, 0.25) is 5.91 Å². The van der Waals surface area contributed by atoms with Gasteiger partial charge in [0.05, 0.1) is 5.69 Å². The van der Waals surface area contributed by atoms with Gasteiger partial charge in [0.15, 0.2) is 0 Å². The van der Waals surface area contributed by atoms with Crippen molar-refractivity contribution in [1.29, 1.82) is 0 Å². The van der Waals surface area contributed by atoms with Crippen molar-refractivity contribution < 1.29 is 14.3 Å². The van der Waals surface area contributed by atoms with Crippen LogP contribution in [0.1, 0.15) is 52.9 Å². The molecule has 0 saturated heterocycles. The number of anilines is 1. The van der Waals surface area contributed by atoms with Crippen LogP contribution >= 0.6 is 15.9 Å². The van der Waals surface area contributed by atoms with E-state index in [-0.39, 0.29) is 12.0 Å². The molecule has 2 amide bonds. The molecule has 0 aliphatic rings. The number of hydrogen-bond acceptors (Lipinski definition) is 3. The summed E-state index contributed by atoms with van der Waals surface area (Å²) < 4.78 is 6.04. The molecule has 0 radical (unpaired) electrons. The summed E-state index contributed by atoms with van der Waals surface area (Å²) in [6, 6.07) is 7.56. The molecule has 0 aliphatic heterocycles. The number of benzene rings is 1. The fraction of sp³-hybridized carbons (Fsp3) is 0.556. The molecule has 0 spiro atoms. The topological polar surface area (TPSA) is 67.4 Å². The van der Waals surface area contributed by atoms with Gasteiger partial charge in [-0.05, 0) is 61.7 Å². The van der Waals surface area contributed by atoms with Crippen molar-refractivity contribution in [3.05, 3.63) is 28.7 Å². The van der Waals surface area contributed by atoms with Crippen LogP contribution in [-0.4, -0.2) is 24.1 Å². The predicted octanol–water partition coefficient (Wildman–Crippen LogP) is 4.86. The molecule has 6 heteroatoms. The van der Waals surface area contributed by atoms with Gasteiger partial charge < -0.3 is 15.4 Å². The summed E-state index contributed by atoms with van der Waals surface area (Å²) >= 11 is 3.41. The lowest BCUT2D eigenvalue weighted by Crippen LogP contribution is -2.32. The van der Waals surface area contributed by atoms with Crippen molar-refractivity contribution in [3.63, 3.8) is 0 Å². The minimum absolute atomic E-state index is 0.0220. The summed E-state index contributed by atoms with van der Waals surface area (Å²) in [6.45, 7) is 6.11. The molecule has 5 nitrogen and oxygen atoms in total. The Kier molecular flexibility index (Phi) is 8.82. The number of nitrogens with one attached hydrogen (secondary N) is 2. The Labute approximate surface area is 152 Å². The fourth-order valence-corrected chi connectivity index (χ4v) is 2.43. The van der Waals surface area contributed by atoms with E-state index in [1.54, 1.807) is 0 Å². The van der Waals surface area contributed by atoms with Gasteiger partial charge >= 0.3 is 6.09 Å². The first-order chi connectivity index (χ1) is 11.3. The normalized spacial score (nSPS) is 11.0. The Morgan fingerprint density at radius 2 is 1.75 bits per heavy atom. The zero-order valence-corrected chi connectivity index (χ0v) is 16.2. The van der Waals surface area contributed by atoms with Crippen LogP contribution in [0.2, 0.25) is 0 Å². The Balaban J connectivity index is 2.05. The second-order valence-corrected chi connectivity index (χ2v) is 7.48. The van der Waals surface area contributed by atoms with Gasteiger partial charge in [-0.2, -0.15) is 0 Å². The highest BCUT2D eigenvalue weighted by atomic mass is 79.9. The molecule has 24 heavy (non-hydrogen) atoms. The van der Waals surface area contributed by atoms with Gasteiger partial charge in [-0.3, -0.25) is 4.79 Å².